The number of nitrogens with zero attached hydrogens (tertiary/aromatic N) is 2. The maximum Gasteiger partial charge on any atom is 0.0697 e. The van der Waals surface area contributed by atoms with Crippen molar-refractivity contribution in [2.75, 3.05) is 13.6 Å². The highest BCUT2D eigenvalue weighted by atomic mass is 15.1. The molecule has 1 aromatic carbocycles. The number of H-pyrrole nitrogens is 1. The number of fused-ring (bicyclic) bond motifs is 1. The van der Waals surface area contributed by atoms with Crippen LogP contribution in [0.4, 0.5) is 0 Å². The number of benzene rings is 1. The second kappa shape index (κ2) is 5.07. The van der Waals surface area contributed by atoms with Gasteiger partial charge in [0.1, 0.15) is 0 Å². The number of aromatic nitrogens is 1. The molecule has 0 saturated carbocycles. The number of nitriles is 1. The van der Waals surface area contributed by atoms with Crippen LogP contribution in [0.15, 0.2) is 24.3 Å². The van der Waals surface area contributed by atoms with Crippen molar-refractivity contribution in [2.45, 2.75) is 27.3 Å². The molecular formula is C16H21N3. The molecule has 0 fully saturated rings. The van der Waals surface area contributed by atoms with Crippen molar-refractivity contribution in [1.82, 2.24) is 9.88 Å². The van der Waals surface area contributed by atoms with Gasteiger partial charge in [-0.2, -0.15) is 5.26 Å². The van der Waals surface area contributed by atoms with Crippen LogP contribution in [0.3, 0.4) is 0 Å². The number of hydrogen-bond donors (Lipinski definition) is 1. The Balaban J connectivity index is 2.22. The zero-order chi connectivity index (χ0) is 14.0. The van der Waals surface area contributed by atoms with Gasteiger partial charge in [0.15, 0.2) is 0 Å². The van der Waals surface area contributed by atoms with Crippen molar-refractivity contribution in [3.05, 3.63) is 35.5 Å². The third-order valence-electron chi connectivity index (χ3n) is 3.42. The third kappa shape index (κ3) is 2.97. The molecule has 1 heterocycles. The molecule has 100 valence electrons. The average Bonchev–Trinajstić information content (AvgIpc) is 2.66. The van der Waals surface area contributed by atoms with Crippen LogP contribution in [0.1, 0.15) is 25.1 Å². The second-order valence-electron chi connectivity index (χ2n) is 5.94. The van der Waals surface area contributed by atoms with Gasteiger partial charge in [-0.15, -0.1) is 0 Å². The van der Waals surface area contributed by atoms with E-state index in [0.29, 0.717) is 0 Å². The van der Waals surface area contributed by atoms with E-state index in [9.17, 15) is 0 Å². The Hall–Kier alpha value is -1.79. The fourth-order valence-corrected chi connectivity index (χ4v) is 2.57. The molecule has 1 N–H and O–H groups in total. The highest BCUT2D eigenvalue weighted by Gasteiger charge is 2.20. The number of aryl methyl sites for hydroxylation is 1. The lowest BCUT2D eigenvalue weighted by Crippen LogP contribution is -2.30. The van der Waals surface area contributed by atoms with E-state index in [1.54, 1.807) is 0 Å². The van der Waals surface area contributed by atoms with Crippen molar-refractivity contribution in [1.29, 1.82) is 5.26 Å². The lowest BCUT2D eigenvalue weighted by Gasteiger charge is -2.24. The molecule has 0 saturated heterocycles. The summed E-state index contributed by atoms with van der Waals surface area (Å²) in [6.07, 6.45) is 0. The lowest BCUT2D eigenvalue weighted by atomic mass is 9.95. The fourth-order valence-electron chi connectivity index (χ4n) is 2.57. The van der Waals surface area contributed by atoms with Crippen molar-refractivity contribution in [2.24, 2.45) is 5.41 Å². The Labute approximate surface area is 114 Å². The summed E-state index contributed by atoms with van der Waals surface area (Å²) < 4.78 is 0. The summed E-state index contributed by atoms with van der Waals surface area (Å²) >= 11 is 0. The highest BCUT2D eigenvalue weighted by molar-refractivity contribution is 5.84. The fraction of sp³-hybridized carbons (Fsp3) is 0.438. The van der Waals surface area contributed by atoms with E-state index in [2.05, 4.69) is 48.1 Å². The quantitative estimate of drug-likeness (QED) is 0.909. The molecule has 1 aromatic heterocycles. The first kappa shape index (κ1) is 13.6. The van der Waals surface area contributed by atoms with E-state index in [4.69, 9.17) is 5.26 Å². The predicted octanol–water partition coefficient (Wildman–Crippen LogP) is 3.46. The SMILES string of the molecule is Cc1[nH]c2ccccc2c1CN(C)CC(C)(C)C#N. The smallest absolute Gasteiger partial charge is 0.0697 e. The van der Waals surface area contributed by atoms with Crippen molar-refractivity contribution >= 4 is 10.9 Å². The van der Waals surface area contributed by atoms with Crippen molar-refractivity contribution < 1.29 is 0 Å². The first-order valence-electron chi connectivity index (χ1n) is 6.59. The molecule has 0 radical (unpaired) electrons. The molecule has 0 atom stereocenters. The van der Waals surface area contributed by atoms with Gasteiger partial charge in [-0.05, 0) is 39.4 Å². The van der Waals surface area contributed by atoms with Crippen LogP contribution in [-0.2, 0) is 6.54 Å². The van der Waals surface area contributed by atoms with Gasteiger partial charge in [-0.25, -0.2) is 0 Å². The molecule has 3 heteroatoms. The van der Waals surface area contributed by atoms with Gasteiger partial charge in [-0.3, -0.25) is 0 Å². The van der Waals surface area contributed by atoms with Gasteiger partial charge in [0.25, 0.3) is 0 Å². The Morgan fingerprint density at radius 2 is 2.00 bits per heavy atom. The second-order valence-corrected chi connectivity index (χ2v) is 5.94. The van der Waals surface area contributed by atoms with Gasteiger partial charge in [0.05, 0.1) is 11.5 Å². The van der Waals surface area contributed by atoms with Gasteiger partial charge < -0.3 is 9.88 Å². The summed E-state index contributed by atoms with van der Waals surface area (Å²) in [5.74, 6) is 0. The molecular weight excluding hydrogens is 234 g/mol. The van der Waals surface area contributed by atoms with Crippen LogP contribution < -0.4 is 0 Å². The zero-order valence-corrected chi connectivity index (χ0v) is 12.1. The molecule has 19 heavy (non-hydrogen) atoms. The first-order chi connectivity index (χ1) is 8.93. The number of rotatable bonds is 4. The van der Waals surface area contributed by atoms with E-state index in [0.717, 1.165) is 13.1 Å². The van der Waals surface area contributed by atoms with Crippen LogP contribution in [0.2, 0.25) is 0 Å². The first-order valence-corrected chi connectivity index (χ1v) is 6.59. The summed E-state index contributed by atoms with van der Waals surface area (Å²) in [6, 6.07) is 10.7. The lowest BCUT2D eigenvalue weighted by molar-refractivity contribution is 0.249. The summed E-state index contributed by atoms with van der Waals surface area (Å²) in [7, 11) is 2.07. The Kier molecular flexibility index (Phi) is 3.64. The average molecular weight is 255 g/mol. The number of nitrogens with one attached hydrogen (secondary N) is 1. The van der Waals surface area contributed by atoms with Gasteiger partial charge in [0.2, 0.25) is 0 Å². The molecule has 0 bridgehead atoms. The third-order valence-corrected chi connectivity index (χ3v) is 3.42. The normalized spacial score (nSPS) is 12.0. The van der Waals surface area contributed by atoms with Crippen LogP contribution in [0.5, 0.6) is 0 Å². The predicted molar refractivity (Wildman–Crippen MR) is 78.8 cm³/mol. The summed E-state index contributed by atoms with van der Waals surface area (Å²) in [5.41, 5.74) is 3.41. The monoisotopic (exact) mass is 255 g/mol. The minimum Gasteiger partial charge on any atom is -0.358 e. The van der Waals surface area contributed by atoms with Crippen LogP contribution >= 0.6 is 0 Å². The largest absolute Gasteiger partial charge is 0.358 e. The highest BCUT2D eigenvalue weighted by Crippen LogP contribution is 2.24. The van der Waals surface area contributed by atoms with Crippen molar-refractivity contribution in [3.8, 4) is 6.07 Å². The zero-order valence-electron chi connectivity index (χ0n) is 12.1. The molecule has 0 aliphatic heterocycles. The molecule has 2 aromatic rings. The summed E-state index contributed by atoms with van der Waals surface area (Å²) in [5, 5.41) is 10.4. The number of para-hydroxylation sites is 1. The maximum atomic E-state index is 9.11. The van der Waals surface area contributed by atoms with Gasteiger partial charge in [0, 0.05) is 29.7 Å². The summed E-state index contributed by atoms with van der Waals surface area (Å²) in [4.78, 5) is 5.63. The summed E-state index contributed by atoms with van der Waals surface area (Å²) in [6.45, 7) is 7.69. The van der Waals surface area contributed by atoms with Gasteiger partial charge >= 0.3 is 0 Å². The molecule has 0 aliphatic rings. The van der Waals surface area contributed by atoms with Crippen LogP contribution in [0.25, 0.3) is 10.9 Å². The molecule has 0 spiro atoms. The van der Waals surface area contributed by atoms with Crippen LogP contribution in [0, 0.1) is 23.7 Å². The Morgan fingerprint density at radius 3 is 2.68 bits per heavy atom. The molecule has 2 rings (SSSR count). The standard InChI is InChI=1S/C16H21N3/c1-12-14(9-19(4)11-16(2,3)10-17)13-7-5-6-8-15(13)18-12/h5-8,18H,9,11H2,1-4H3. The molecule has 0 aliphatic carbocycles. The topological polar surface area (TPSA) is 42.8 Å². The molecule has 0 unspecified atom stereocenters. The Bertz CT molecular complexity index is 616. The minimum atomic E-state index is -0.311. The molecule has 0 amide bonds. The van der Waals surface area contributed by atoms with Crippen LogP contribution in [-0.4, -0.2) is 23.5 Å². The van der Waals surface area contributed by atoms with Gasteiger partial charge in [-0.1, -0.05) is 18.2 Å². The van der Waals surface area contributed by atoms with E-state index in [-0.39, 0.29) is 5.41 Å². The van der Waals surface area contributed by atoms with Crippen molar-refractivity contribution in [3.63, 3.8) is 0 Å². The van der Waals surface area contributed by atoms with E-state index >= 15 is 0 Å². The molecule has 3 nitrogen and oxygen atoms in total. The van der Waals surface area contributed by atoms with E-state index in [1.807, 2.05) is 19.9 Å². The number of aromatic amines is 1. The van der Waals surface area contributed by atoms with E-state index in [1.165, 1.54) is 22.2 Å². The van der Waals surface area contributed by atoms with E-state index < -0.39 is 0 Å². The Morgan fingerprint density at radius 1 is 1.32 bits per heavy atom. The number of hydrogen-bond acceptors (Lipinski definition) is 2. The minimum absolute atomic E-state index is 0.311. The maximum absolute atomic E-state index is 9.11.